The zero-order valence-electron chi connectivity index (χ0n) is 11.1. The van der Waals surface area contributed by atoms with E-state index in [-0.39, 0.29) is 11.6 Å². The second-order valence-electron chi connectivity index (χ2n) is 4.40. The summed E-state index contributed by atoms with van der Waals surface area (Å²) < 4.78 is 25.8. The number of primary amides is 1. The minimum atomic E-state index is -3.89. The van der Waals surface area contributed by atoms with Crippen LogP contribution in [0.25, 0.3) is 0 Å². The number of nitrogens with zero attached hydrogens (tertiary/aromatic N) is 2. The normalized spacial score (nSPS) is 11.7. The van der Waals surface area contributed by atoms with E-state index in [4.69, 9.17) is 11.5 Å². The molecule has 1 amide bonds. The Bertz CT molecular complexity index is 727. The smallest absolute Gasteiger partial charge is 0.260 e. The second-order valence-corrected chi connectivity index (χ2v) is 6.31. The van der Waals surface area contributed by atoms with E-state index >= 15 is 0 Å². The molecule has 5 N–H and O–H groups in total. The zero-order valence-corrected chi connectivity index (χ0v) is 11.9. The second kappa shape index (κ2) is 5.94. The summed E-state index contributed by atoms with van der Waals surface area (Å²) in [6.45, 7) is -0.453. The number of nitrogens with two attached hydrogens (primary N) is 2. The van der Waals surface area contributed by atoms with Crippen molar-refractivity contribution in [2.75, 3.05) is 12.3 Å². The van der Waals surface area contributed by atoms with Crippen molar-refractivity contribution in [3.05, 3.63) is 42.4 Å². The fourth-order valence-electron chi connectivity index (χ4n) is 1.82. The lowest BCUT2D eigenvalue weighted by molar-refractivity contribution is -0.118. The van der Waals surface area contributed by atoms with Gasteiger partial charge in [0.25, 0.3) is 10.0 Å². The molecule has 0 atom stereocenters. The predicted molar refractivity (Wildman–Crippen MR) is 76.2 cm³/mol. The maximum Gasteiger partial charge on any atom is 0.260 e. The summed E-state index contributed by atoms with van der Waals surface area (Å²) in [6, 6.07) is 6.74. The van der Waals surface area contributed by atoms with Gasteiger partial charge in [0.05, 0.1) is 19.1 Å². The van der Waals surface area contributed by atoms with E-state index in [1.54, 1.807) is 24.3 Å². The maximum absolute atomic E-state index is 12.4. The Hall–Kier alpha value is -2.39. The van der Waals surface area contributed by atoms with Crippen molar-refractivity contribution in [2.45, 2.75) is 11.6 Å². The minimum Gasteiger partial charge on any atom is -0.399 e. The van der Waals surface area contributed by atoms with Crippen LogP contribution in [0.5, 0.6) is 0 Å². The van der Waals surface area contributed by atoms with Gasteiger partial charge in [-0.05, 0) is 17.7 Å². The van der Waals surface area contributed by atoms with Crippen molar-refractivity contribution in [2.24, 2.45) is 5.73 Å². The molecule has 2 rings (SSSR count). The Morgan fingerprint density at radius 2 is 2.14 bits per heavy atom. The molecular formula is C12H15N5O3S. The molecule has 1 aromatic carbocycles. The van der Waals surface area contributed by atoms with Crippen LogP contribution in [-0.2, 0) is 21.4 Å². The Morgan fingerprint density at radius 1 is 1.38 bits per heavy atom. The highest BCUT2D eigenvalue weighted by Crippen LogP contribution is 2.17. The van der Waals surface area contributed by atoms with Crippen molar-refractivity contribution in [1.82, 2.24) is 14.3 Å². The lowest BCUT2D eigenvalue weighted by Crippen LogP contribution is -2.38. The number of rotatable bonds is 6. The van der Waals surface area contributed by atoms with Gasteiger partial charge in [-0.3, -0.25) is 4.79 Å². The number of H-pyrrole nitrogens is 1. The minimum absolute atomic E-state index is 0.0185. The highest BCUT2D eigenvalue weighted by molar-refractivity contribution is 7.89. The van der Waals surface area contributed by atoms with Crippen molar-refractivity contribution in [1.29, 1.82) is 0 Å². The van der Waals surface area contributed by atoms with Crippen LogP contribution < -0.4 is 11.5 Å². The molecule has 0 saturated heterocycles. The lowest BCUT2D eigenvalue weighted by atomic mass is 10.2. The molecule has 0 aliphatic rings. The summed E-state index contributed by atoms with van der Waals surface area (Å²) in [6.07, 6.45) is 2.42. The number of sulfonamides is 1. The fraction of sp³-hybridized carbons (Fsp3) is 0.167. The first-order valence-corrected chi connectivity index (χ1v) is 7.45. The average Bonchev–Trinajstić information content (AvgIpc) is 2.92. The highest BCUT2D eigenvalue weighted by Gasteiger charge is 2.27. The number of aromatic nitrogens is 2. The van der Waals surface area contributed by atoms with Crippen LogP contribution in [0.2, 0.25) is 0 Å². The van der Waals surface area contributed by atoms with Crippen LogP contribution in [0.15, 0.2) is 41.8 Å². The molecule has 0 radical (unpaired) electrons. The largest absolute Gasteiger partial charge is 0.399 e. The third-order valence-electron chi connectivity index (χ3n) is 2.73. The number of aromatic amines is 1. The highest BCUT2D eigenvalue weighted by atomic mass is 32.2. The number of amides is 1. The van der Waals surface area contributed by atoms with E-state index in [1.807, 2.05) is 0 Å². The third-order valence-corrected chi connectivity index (χ3v) is 4.45. The molecule has 0 unspecified atom stereocenters. The average molecular weight is 309 g/mol. The van der Waals surface area contributed by atoms with E-state index < -0.39 is 22.5 Å². The molecular weight excluding hydrogens is 294 g/mol. The van der Waals surface area contributed by atoms with Crippen molar-refractivity contribution in [3.63, 3.8) is 0 Å². The van der Waals surface area contributed by atoms with Crippen molar-refractivity contribution in [3.8, 4) is 0 Å². The zero-order chi connectivity index (χ0) is 15.5. The van der Waals surface area contributed by atoms with Gasteiger partial charge in [-0.2, -0.15) is 4.31 Å². The number of carbonyl (C=O) groups is 1. The van der Waals surface area contributed by atoms with Gasteiger partial charge in [0, 0.05) is 12.2 Å². The summed E-state index contributed by atoms with van der Waals surface area (Å²) in [5.74, 6) is -0.748. The standard InChI is InChI=1S/C12H15N5O3S/c13-10-3-1-2-9(4-10)6-17(7-11(14)18)21(19,20)12-5-15-8-16-12/h1-5,8H,6-7,13H2,(H2,14,18)(H,15,16). The first kappa shape index (κ1) is 15.0. The van der Waals surface area contributed by atoms with E-state index in [0.29, 0.717) is 11.3 Å². The van der Waals surface area contributed by atoms with Gasteiger partial charge in [0.1, 0.15) is 0 Å². The van der Waals surface area contributed by atoms with Crippen LogP contribution >= 0.6 is 0 Å². The van der Waals surface area contributed by atoms with Crippen LogP contribution in [0.4, 0.5) is 5.69 Å². The van der Waals surface area contributed by atoms with Crippen LogP contribution in [0.3, 0.4) is 0 Å². The van der Waals surface area contributed by atoms with Crippen LogP contribution in [-0.4, -0.2) is 35.1 Å². The molecule has 9 heteroatoms. The third kappa shape index (κ3) is 3.58. The first-order chi connectivity index (χ1) is 9.89. The molecule has 0 spiro atoms. The van der Waals surface area contributed by atoms with Gasteiger partial charge in [-0.1, -0.05) is 12.1 Å². The van der Waals surface area contributed by atoms with Gasteiger partial charge in [0.15, 0.2) is 5.03 Å². The number of carbonyl (C=O) groups excluding carboxylic acids is 1. The number of imidazole rings is 1. The SMILES string of the molecule is NC(=O)CN(Cc1cccc(N)c1)S(=O)(=O)c1cnc[nH]1. The summed E-state index contributed by atoms with van der Waals surface area (Å²) in [7, 11) is -3.89. The lowest BCUT2D eigenvalue weighted by Gasteiger charge is -2.20. The number of hydrogen-bond donors (Lipinski definition) is 3. The van der Waals surface area contributed by atoms with Crippen LogP contribution in [0.1, 0.15) is 5.56 Å². The van der Waals surface area contributed by atoms with E-state index in [9.17, 15) is 13.2 Å². The van der Waals surface area contributed by atoms with E-state index in [1.165, 1.54) is 12.5 Å². The molecule has 1 heterocycles. The van der Waals surface area contributed by atoms with Crippen LogP contribution in [0, 0.1) is 0 Å². The Morgan fingerprint density at radius 3 is 2.71 bits per heavy atom. The molecule has 2 aromatic rings. The van der Waals surface area contributed by atoms with E-state index in [0.717, 1.165) is 4.31 Å². The summed E-state index contributed by atoms with van der Waals surface area (Å²) in [4.78, 5) is 17.3. The Kier molecular flexibility index (Phi) is 4.24. The van der Waals surface area contributed by atoms with Gasteiger partial charge in [0.2, 0.25) is 5.91 Å². The number of nitrogen functional groups attached to an aromatic ring is 1. The fourth-order valence-corrected chi connectivity index (χ4v) is 3.11. The topological polar surface area (TPSA) is 135 Å². The number of anilines is 1. The van der Waals surface area contributed by atoms with E-state index in [2.05, 4.69) is 9.97 Å². The number of hydrogen-bond acceptors (Lipinski definition) is 5. The molecule has 21 heavy (non-hydrogen) atoms. The maximum atomic E-state index is 12.4. The Labute approximate surface area is 121 Å². The predicted octanol–water partition coefficient (Wildman–Crippen LogP) is -0.332. The first-order valence-electron chi connectivity index (χ1n) is 6.01. The van der Waals surface area contributed by atoms with Crippen molar-refractivity contribution >= 4 is 21.6 Å². The Balaban J connectivity index is 2.33. The quantitative estimate of drug-likeness (QED) is 0.628. The molecule has 0 aliphatic heterocycles. The molecule has 0 fully saturated rings. The van der Waals surface area contributed by atoms with Crippen molar-refractivity contribution < 1.29 is 13.2 Å². The number of nitrogens with one attached hydrogen (secondary N) is 1. The summed E-state index contributed by atoms with van der Waals surface area (Å²) >= 11 is 0. The summed E-state index contributed by atoms with van der Waals surface area (Å²) in [5, 5.41) is -0.104. The summed E-state index contributed by atoms with van der Waals surface area (Å²) in [5.41, 5.74) is 12.0. The monoisotopic (exact) mass is 309 g/mol. The number of benzene rings is 1. The van der Waals surface area contributed by atoms with Gasteiger partial charge < -0.3 is 16.5 Å². The van der Waals surface area contributed by atoms with Gasteiger partial charge >= 0.3 is 0 Å². The molecule has 0 saturated carbocycles. The molecule has 0 aliphatic carbocycles. The molecule has 0 bridgehead atoms. The molecule has 112 valence electrons. The van der Waals surface area contributed by atoms with Gasteiger partial charge in [-0.15, -0.1) is 0 Å². The van der Waals surface area contributed by atoms with Gasteiger partial charge in [-0.25, -0.2) is 13.4 Å². The molecule has 1 aromatic heterocycles. The molecule has 8 nitrogen and oxygen atoms in total.